The summed E-state index contributed by atoms with van der Waals surface area (Å²) in [5.41, 5.74) is 0.621. The molecule has 2 aromatic rings. The van der Waals surface area contributed by atoms with Gasteiger partial charge in [0.2, 0.25) is 0 Å². The summed E-state index contributed by atoms with van der Waals surface area (Å²) >= 11 is 0. The molecule has 2 unspecified atom stereocenters. The molecule has 4 nitrogen and oxygen atoms in total. The van der Waals surface area contributed by atoms with Gasteiger partial charge in [-0.3, -0.25) is 4.79 Å². The van der Waals surface area contributed by atoms with Crippen molar-refractivity contribution in [1.29, 1.82) is 0 Å². The average molecular weight is 310 g/mol. The van der Waals surface area contributed by atoms with Gasteiger partial charge in [-0.2, -0.15) is 0 Å². The molecule has 23 heavy (non-hydrogen) atoms. The average Bonchev–Trinajstić information content (AvgIpc) is 2.58. The molecule has 2 aromatic carbocycles. The van der Waals surface area contributed by atoms with Crippen LogP contribution in [0, 0.1) is 5.92 Å². The Labute approximate surface area is 136 Å². The maximum absolute atomic E-state index is 12.5. The molecule has 0 bridgehead atoms. The van der Waals surface area contributed by atoms with E-state index in [0.29, 0.717) is 17.2 Å². The minimum absolute atomic E-state index is 0.0518. The normalized spacial score (nSPS) is 20.7. The van der Waals surface area contributed by atoms with Crippen molar-refractivity contribution in [3.8, 4) is 11.5 Å². The first kappa shape index (κ1) is 15.6. The lowest BCUT2D eigenvalue weighted by Gasteiger charge is -2.30. The van der Waals surface area contributed by atoms with Crippen LogP contribution in [0.5, 0.6) is 11.5 Å². The monoisotopic (exact) mass is 310 g/mol. The molecule has 2 N–H and O–H groups in total. The zero-order valence-corrected chi connectivity index (χ0v) is 13.3. The lowest BCUT2D eigenvalue weighted by Crippen LogP contribution is -2.50. The Balaban J connectivity index is 1.67. The molecule has 0 radical (unpaired) electrons. The van der Waals surface area contributed by atoms with E-state index in [1.54, 1.807) is 6.07 Å². The van der Waals surface area contributed by atoms with Crippen LogP contribution in [-0.2, 0) is 0 Å². The number of piperidine rings is 1. The number of hydrogen-bond donors (Lipinski definition) is 2. The number of nitrogens with one attached hydrogen (secondary N) is 2. The van der Waals surface area contributed by atoms with Crippen LogP contribution in [0.15, 0.2) is 54.6 Å². The van der Waals surface area contributed by atoms with Crippen LogP contribution in [0.1, 0.15) is 23.7 Å². The summed E-state index contributed by atoms with van der Waals surface area (Å²) < 4.78 is 5.79. The van der Waals surface area contributed by atoms with E-state index in [1.165, 1.54) is 0 Å². The first-order chi connectivity index (χ1) is 11.2. The molecule has 1 aliphatic heterocycles. The fourth-order valence-corrected chi connectivity index (χ4v) is 2.76. The summed E-state index contributed by atoms with van der Waals surface area (Å²) in [6, 6.07) is 17.0. The van der Waals surface area contributed by atoms with Gasteiger partial charge in [0.05, 0.1) is 0 Å². The van der Waals surface area contributed by atoms with E-state index in [9.17, 15) is 4.79 Å². The van der Waals surface area contributed by atoms with Gasteiger partial charge < -0.3 is 15.4 Å². The summed E-state index contributed by atoms with van der Waals surface area (Å²) in [7, 11) is 0. The van der Waals surface area contributed by atoms with E-state index < -0.39 is 0 Å². The Hall–Kier alpha value is -2.33. The van der Waals surface area contributed by atoms with Gasteiger partial charge in [-0.15, -0.1) is 0 Å². The Kier molecular flexibility index (Phi) is 4.93. The van der Waals surface area contributed by atoms with Crippen LogP contribution in [0.25, 0.3) is 0 Å². The van der Waals surface area contributed by atoms with Crippen LogP contribution in [-0.4, -0.2) is 25.0 Å². The molecule has 0 saturated carbocycles. The molecule has 0 spiro atoms. The SMILES string of the molecule is CC1CCNCC1NC(=O)c1cccc(Oc2ccccc2)c1. The Bertz CT molecular complexity index is 657. The number of ether oxygens (including phenoxy) is 1. The maximum Gasteiger partial charge on any atom is 0.251 e. The van der Waals surface area contributed by atoms with Gasteiger partial charge in [0, 0.05) is 18.2 Å². The van der Waals surface area contributed by atoms with Gasteiger partial charge in [0.15, 0.2) is 0 Å². The van der Waals surface area contributed by atoms with E-state index in [2.05, 4.69) is 17.6 Å². The highest BCUT2D eigenvalue weighted by Crippen LogP contribution is 2.22. The Morgan fingerprint density at radius 2 is 1.91 bits per heavy atom. The van der Waals surface area contributed by atoms with Gasteiger partial charge in [-0.05, 0) is 49.2 Å². The van der Waals surface area contributed by atoms with Gasteiger partial charge in [-0.25, -0.2) is 0 Å². The molecule has 1 amide bonds. The molecule has 0 aliphatic carbocycles. The summed E-state index contributed by atoms with van der Waals surface area (Å²) in [5, 5.41) is 6.45. The van der Waals surface area contributed by atoms with Crippen molar-refractivity contribution in [2.24, 2.45) is 5.92 Å². The van der Waals surface area contributed by atoms with E-state index >= 15 is 0 Å². The van der Waals surface area contributed by atoms with Gasteiger partial charge >= 0.3 is 0 Å². The van der Waals surface area contributed by atoms with Crippen molar-refractivity contribution < 1.29 is 9.53 Å². The highest BCUT2D eigenvalue weighted by molar-refractivity contribution is 5.94. The lowest BCUT2D eigenvalue weighted by atomic mass is 9.94. The van der Waals surface area contributed by atoms with Crippen molar-refractivity contribution in [3.63, 3.8) is 0 Å². The highest BCUT2D eigenvalue weighted by atomic mass is 16.5. The molecule has 0 aromatic heterocycles. The van der Waals surface area contributed by atoms with Crippen molar-refractivity contribution in [2.45, 2.75) is 19.4 Å². The van der Waals surface area contributed by atoms with Crippen LogP contribution in [0.2, 0.25) is 0 Å². The number of hydrogen-bond acceptors (Lipinski definition) is 3. The van der Waals surface area contributed by atoms with E-state index in [0.717, 1.165) is 25.3 Å². The maximum atomic E-state index is 12.5. The number of rotatable bonds is 4. The number of benzene rings is 2. The largest absolute Gasteiger partial charge is 0.457 e. The molecule has 1 aliphatic rings. The third-order valence-electron chi connectivity index (χ3n) is 4.22. The molecule has 2 atom stereocenters. The van der Waals surface area contributed by atoms with E-state index in [4.69, 9.17) is 4.74 Å². The lowest BCUT2D eigenvalue weighted by molar-refractivity contribution is 0.0915. The molecule has 1 saturated heterocycles. The predicted molar refractivity (Wildman–Crippen MR) is 90.9 cm³/mol. The Morgan fingerprint density at radius 3 is 2.70 bits per heavy atom. The second-order valence-electron chi connectivity index (χ2n) is 5.99. The second-order valence-corrected chi connectivity index (χ2v) is 5.99. The molecule has 1 fully saturated rings. The fourth-order valence-electron chi connectivity index (χ4n) is 2.76. The van der Waals surface area contributed by atoms with Crippen molar-refractivity contribution in [3.05, 3.63) is 60.2 Å². The van der Waals surface area contributed by atoms with Gasteiger partial charge in [0.25, 0.3) is 5.91 Å². The summed E-state index contributed by atoms with van der Waals surface area (Å²) in [5.74, 6) is 1.86. The van der Waals surface area contributed by atoms with Crippen LogP contribution in [0.4, 0.5) is 0 Å². The number of amides is 1. The van der Waals surface area contributed by atoms with Crippen LogP contribution in [0.3, 0.4) is 0 Å². The molecular weight excluding hydrogens is 288 g/mol. The number of carbonyl (C=O) groups excluding carboxylic acids is 1. The van der Waals surface area contributed by atoms with Gasteiger partial charge in [0.1, 0.15) is 11.5 Å². The molecule has 4 heteroatoms. The summed E-state index contributed by atoms with van der Waals surface area (Å²) in [6.07, 6.45) is 1.09. The smallest absolute Gasteiger partial charge is 0.251 e. The van der Waals surface area contributed by atoms with Crippen LogP contribution < -0.4 is 15.4 Å². The quantitative estimate of drug-likeness (QED) is 0.912. The van der Waals surface area contributed by atoms with Crippen molar-refractivity contribution in [1.82, 2.24) is 10.6 Å². The zero-order chi connectivity index (χ0) is 16.1. The zero-order valence-electron chi connectivity index (χ0n) is 13.3. The third-order valence-corrected chi connectivity index (χ3v) is 4.22. The van der Waals surface area contributed by atoms with Crippen molar-refractivity contribution >= 4 is 5.91 Å². The minimum Gasteiger partial charge on any atom is -0.457 e. The second kappa shape index (κ2) is 7.29. The number of para-hydroxylation sites is 1. The first-order valence-corrected chi connectivity index (χ1v) is 8.07. The van der Waals surface area contributed by atoms with Crippen LogP contribution >= 0.6 is 0 Å². The highest BCUT2D eigenvalue weighted by Gasteiger charge is 2.23. The van der Waals surface area contributed by atoms with Crippen molar-refractivity contribution in [2.75, 3.05) is 13.1 Å². The standard InChI is InChI=1S/C19H22N2O2/c1-14-10-11-20-13-18(14)21-19(22)15-6-5-9-17(12-15)23-16-7-3-2-4-8-16/h2-9,12,14,18,20H,10-11,13H2,1H3,(H,21,22). The molecule has 3 rings (SSSR count). The van der Waals surface area contributed by atoms with E-state index in [-0.39, 0.29) is 11.9 Å². The molecular formula is C19H22N2O2. The number of carbonyl (C=O) groups is 1. The molecule has 120 valence electrons. The third kappa shape index (κ3) is 4.11. The van der Waals surface area contributed by atoms with E-state index in [1.807, 2.05) is 48.5 Å². The molecule has 1 heterocycles. The Morgan fingerprint density at radius 1 is 1.13 bits per heavy atom. The summed E-state index contributed by atoms with van der Waals surface area (Å²) in [6.45, 7) is 4.03. The summed E-state index contributed by atoms with van der Waals surface area (Å²) in [4.78, 5) is 12.5. The predicted octanol–water partition coefficient (Wildman–Crippen LogP) is 3.21. The topological polar surface area (TPSA) is 50.4 Å². The first-order valence-electron chi connectivity index (χ1n) is 8.07. The fraction of sp³-hybridized carbons (Fsp3) is 0.316. The van der Waals surface area contributed by atoms with Gasteiger partial charge in [-0.1, -0.05) is 31.2 Å². The minimum atomic E-state index is -0.0518.